The number of ether oxygens (including phenoxy) is 1. The van der Waals surface area contributed by atoms with Crippen LogP contribution in [0.25, 0.3) is 16.9 Å². The summed E-state index contributed by atoms with van der Waals surface area (Å²) in [6.45, 7) is 2.52. The third kappa shape index (κ3) is 3.37. The predicted octanol–water partition coefficient (Wildman–Crippen LogP) is 1.96. The van der Waals surface area contributed by atoms with Gasteiger partial charge in [-0.1, -0.05) is 37.3 Å². The van der Waals surface area contributed by atoms with E-state index in [1.54, 1.807) is 23.0 Å². The summed E-state index contributed by atoms with van der Waals surface area (Å²) in [5.41, 5.74) is 1.25. The molecule has 136 valence electrons. The second-order valence-electron chi connectivity index (χ2n) is 6.20. The number of fused-ring (bicyclic) bond motifs is 1. The maximum atomic E-state index is 12.1. The molecule has 0 amide bonds. The lowest BCUT2D eigenvalue weighted by Crippen LogP contribution is -2.23. The fourth-order valence-corrected chi connectivity index (χ4v) is 2.82. The summed E-state index contributed by atoms with van der Waals surface area (Å²) in [6, 6.07) is 11.7. The van der Waals surface area contributed by atoms with Gasteiger partial charge in [0.15, 0.2) is 11.4 Å². The minimum absolute atomic E-state index is 0.175. The van der Waals surface area contributed by atoms with Gasteiger partial charge in [-0.05, 0) is 5.56 Å². The topological polar surface area (TPSA) is 105 Å². The van der Waals surface area contributed by atoms with E-state index >= 15 is 0 Å². The van der Waals surface area contributed by atoms with Gasteiger partial charge in [-0.25, -0.2) is 14.3 Å². The molecule has 0 aliphatic rings. The lowest BCUT2D eigenvalue weighted by atomic mass is 10.0. The number of aromatic amines is 2. The van der Waals surface area contributed by atoms with Crippen molar-refractivity contribution in [3.63, 3.8) is 0 Å². The third-order valence-electron chi connectivity index (χ3n) is 4.28. The summed E-state index contributed by atoms with van der Waals surface area (Å²) in [4.78, 5) is 32.3. The van der Waals surface area contributed by atoms with Crippen molar-refractivity contribution in [1.82, 2.24) is 24.6 Å². The summed E-state index contributed by atoms with van der Waals surface area (Å²) < 4.78 is 7.56. The summed E-state index contributed by atoms with van der Waals surface area (Å²) in [5.74, 6) is 0.688. The van der Waals surface area contributed by atoms with Crippen molar-refractivity contribution in [2.45, 2.75) is 12.8 Å². The van der Waals surface area contributed by atoms with Crippen LogP contribution in [0.4, 0.5) is 0 Å². The Morgan fingerprint density at radius 3 is 2.81 bits per heavy atom. The molecule has 0 saturated carbocycles. The number of hydrogen-bond acceptors (Lipinski definition) is 5. The molecule has 1 unspecified atom stereocenters. The first-order valence-corrected chi connectivity index (χ1v) is 8.46. The molecule has 0 aliphatic carbocycles. The van der Waals surface area contributed by atoms with E-state index in [2.05, 4.69) is 39.1 Å². The first-order chi connectivity index (χ1) is 13.1. The van der Waals surface area contributed by atoms with Gasteiger partial charge >= 0.3 is 5.69 Å². The number of nitrogens with zero attached hydrogens (tertiary/aromatic N) is 3. The maximum Gasteiger partial charge on any atom is 0.325 e. The van der Waals surface area contributed by atoms with E-state index in [0.717, 1.165) is 0 Å². The Balaban J connectivity index is 1.69. The number of H-pyrrole nitrogens is 2. The van der Waals surface area contributed by atoms with Crippen molar-refractivity contribution < 1.29 is 4.74 Å². The molecule has 0 bridgehead atoms. The molecule has 3 aromatic heterocycles. The van der Waals surface area contributed by atoms with Gasteiger partial charge in [0.25, 0.3) is 5.56 Å². The second-order valence-corrected chi connectivity index (χ2v) is 6.20. The molecule has 0 spiro atoms. The van der Waals surface area contributed by atoms with E-state index < -0.39 is 11.2 Å². The van der Waals surface area contributed by atoms with Crippen LogP contribution < -0.4 is 16.0 Å². The van der Waals surface area contributed by atoms with E-state index in [1.165, 1.54) is 11.8 Å². The van der Waals surface area contributed by atoms with E-state index in [0.29, 0.717) is 23.7 Å². The van der Waals surface area contributed by atoms with Crippen LogP contribution in [-0.2, 0) is 0 Å². The van der Waals surface area contributed by atoms with E-state index in [-0.39, 0.29) is 11.5 Å². The lowest BCUT2D eigenvalue weighted by molar-refractivity contribution is 0.297. The molecule has 1 aromatic carbocycles. The smallest absolute Gasteiger partial charge is 0.325 e. The van der Waals surface area contributed by atoms with E-state index in [1.807, 2.05) is 18.2 Å². The molecule has 2 N–H and O–H groups in total. The number of benzene rings is 1. The molecule has 0 aliphatic heterocycles. The minimum Gasteiger partial charge on any atom is -0.489 e. The Kier molecular flexibility index (Phi) is 4.29. The molecular weight excluding hydrogens is 346 g/mol. The van der Waals surface area contributed by atoms with Crippen molar-refractivity contribution >= 4 is 5.65 Å². The molecule has 4 rings (SSSR count). The van der Waals surface area contributed by atoms with Crippen LogP contribution in [0.1, 0.15) is 18.4 Å². The van der Waals surface area contributed by atoms with Crippen molar-refractivity contribution in [3.05, 3.63) is 81.4 Å². The zero-order chi connectivity index (χ0) is 18.8. The highest BCUT2D eigenvalue weighted by Crippen LogP contribution is 2.25. The van der Waals surface area contributed by atoms with Crippen LogP contribution in [0.3, 0.4) is 0 Å². The molecule has 4 aromatic rings. The summed E-state index contributed by atoms with van der Waals surface area (Å²) >= 11 is 0. The van der Waals surface area contributed by atoms with Crippen molar-refractivity contribution in [1.29, 1.82) is 0 Å². The van der Waals surface area contributed by atoms with Gasteiger partial charge < -0.3 is 9.72 Å². The summed E-state index contributed by atoms with van der Waals surface area (Å²) in [5, 5.41) is 4.37. The largest absolute Gasteiger partial charge is 0.489 e. The molecule has 27 heavy (non-hydrogen) atoms. The van der Waals surface area contributed by atoms with Crippen LogP contribution in [0, 0.1) is 0 Å². The van der Waals surface area contributed by atoms with Gasteiger partial charge in [-0.15, -0.1) is 0 Å². The number of nitrogens with one attached hydrogen (secondary N) is 2. The van der Waals surface area contributed by atoms with Gasteiger partial charge in [0.2, 0.25) is 0 Å². The number of rotatable bonds is 5. The van der Waals surface area contributed by atoms with E-state index in [4.69, 9.17) is 4.74 Å². The Labute approximate surface area is 153 Å². The van der Waals surface area contributed by atoms with Crippen LogP contribution in [-0.4, -0.2) is 31.2 Å². The second kappa shape index (κ2) is 6.91. The summed E-state index contributed by atoms with van der Waals surface area (Å²) in [7, 11) is 0. The van der Waals surface area contributed by atoms with Crippen LogP contribution in [0.15, 0.2) is 64.6 Å². The number of imidazole rings is 1. The Morgan fingerprint density at radius 2 is 2.04 bits per heavy atom. The molecule has 0 radical (unpaired) electrons. The van der Waals surface area contributed by atoms with Crippen LogP contribution in [0.2, 0.25) is 0 Å². The summed E-state index contributed by atoms with van der Waals surface area (Å²) in [6.07, 6.45) is 4.62. The predicted molar refractivity (Wildman–Crippen MR) is 100 cm³/mol. The van der Waals surface area contributed by atoms with Crippen molar-refractivity contribution in [2.75, 3.05) is 6.61 Å². The monoisotopic (exact) mass is 363 g/mol. The maximum absolute atomic E-state index is 12.1. The van der Waals surface area contributed by atoms with Gasteiger partial charge in [0.1, 0.15) is 5.69 Å². The standard InChI is InChI=1S/C19H17N5O3/c1-12(13-5-3-2-4-6-13)11-27-16-9-15(23-24-8-7-20-17(16)24)14-10-21-19(26)22-18(14)25/h2-10,12H,11H2,1H3,(H2,21,22,25,26). The highest BCUT2D eigenvalue weighted by Gasteiger charge is 2.14. The average Bonchev–Trinajstić information content (AvgIpc) is 3.15. The molecular formula is C19H17N5O3. The van der Waals surface area contributed by atoms with E-state index in [9.17, 15) is 9.59 Å². The highest BCUT2D eigenvalue weighted by molar-refractivity contribution is 5.64. The van der Waals surface area contributed by atoms with Crippen LogP contribution >= 0.6 is 0 Å². The minimum atomic E-state index is -0.569. The fraction of sp³-hybridized carbons (Fsp3) is 0.158. The zero-order valence-corrected chi connectivity index (χ0v) is 14.5. The molecule has 3 heterocycles. The van der Waals surface area contributed by atoms with Crippen molar-refractivity contribution in [3.8, 4) is 17.0 Å². The van der Waals surface area contributed by atoms with Crippen LogP contribution in [0.5, 0.6) is 5.75 Å². The Morgan fingerprint density at radius 1 is 1.22 bits per heavy atom. The SMILES string of the molecule is CC(COc1cc(-c2c[nH]c(=O)[nH]c2=O)nn2ccnc12)c1ccccc1. The zero-order valence-electron chi connectivity index (χ0n) is 14.5. The highest BCUT2D eigenvalue weighted by atomic mass is 16.5. The third-order valence-corrected chi connectivity index (χ3v) is 4.28. The Bertz CT molecular complexity index is 1190. The number of aromatic nitrogens is 5. The van der Waals surface area contributed by atoms with Gasteiger partial charge in [-0.3, -0.25) is 9.78 Å². The molecule has 8 nitrogen and oxygen atoms in total. The van der Waals surface area contributed by atoms with Gasteiger partial charge in [0.05, 0.1) is 12.2 Å². The van der Waals surface area contributed by atoms with Gasteiger partial charge in [-0.2, -0.15) is 5.10 Å². The Hall–Kier alpha value is -3.68. The molecule has 0 fully saturated rings. The molecule has 8 heteroatoms. The first-order valence-electron chi connectivity index (χ1n) is 8.46. The molecule has 1 atom stereocenters. The van der Waals surface area contributed by atoms with Gasteiger partial charge in [0, 0.05) is 30.6 Å². The number of hydrogen-bond donors (Lipinski definition) is 2. The van der Waals surface area contributed by atoms with Crippen molar-refractivity contribution in [2.24, 2.45) is 0 Å². The fourth-order valence-electron chi connectivity index (χ4n) is 2.82. The molecule has 0 saturated heterocycles. The lowest BCUT2D eigenvalue weighted by Gasteiger charge is -2.14. The average molecular weight is 363 g/mol. The normalized spacial score (nSPS) is 12.2. The quantitative estimate of drug-likeness (QED) is 0.564. The first kappa shape index (κ1) is 16.8.